The number of aromatic nitrogens is 1. The van der Waals surface area contributed by atoms with Crippen LogP contribution < -0.4 is 5.73 Å². The molecule has 0 aliphatic rings. The van der Waals surface area contributed by atoms with E-state index in [-0.39, 0.29) is 6.04 Å². The number of nitrogens with two attached hydrogens (primary N) is 1. The number of aryl methyl sites for hydroxylation is 1. The maximum Gasteiger partial charge on any atom is 0.0938 e. The van der Waals surface area contributed by atoms with Gasteiger partial charge in [-0.15, -0.1) is 11.3 Å². The molecule has 2 rings (SSSR count). The van der Waals surface area contributed by atoms with Crippen LogP contribution in [0.1, 0.15) is 24.8 Å². The highest BCUT2D eigenvalue weighted by molar-refractivity contribution is 7.18. The summed E-state index contributed by atoms with van der Waals surface area (Å²) in [6, 6.07) is 6.14. The molecule has 0 saturated carbocycles. The molecule has 0 aliphatic heterocycles. The lowest BCUT2D eigenvalue weighted by molar-refractivity contribution is 0.623. The third-order valence-corrected chi connectivity index (χ3v) is 3.78. The lowest BCUT2D eigenvalue weighted by atomic mass is 10.1. The second kappa shape index (κ2) is 5.13. The monoisotopic (exact) mass is 254 g/mol. The molecule has 0 fully saturated rings. The summed E-state index contributed by atoms with van der Waals surface area (Å²) in [6.07, 6.45) is 3.17. The van der Waals surface area contributed by atoms with Crippen molar-refractivity contribution in [2.75, 3.05) is 0 Å². The molecule has 1 atom stereocenters. The zero-order valence-electron chi connectivity index (χ0n) is 9.24. The number of thiazole rings is 1. The van der Waals surface area contributed by atoms with Gasteiger partial charge in [-0.2, -0.15) is 0 Å². The van der Waals surface area contributed by atoms with Crippen LogP contribution in [0, 0.1) is 0 Å². The fourth-order valence-electron chi connectivity index (χ4n) is 1.63. The van der Waals surface area contributed by atoms with Crippen LogP contribution in [0.15, 0.2) is 18.2 Å². The molecule has 2 aromatic rings. The molecule has 0 aliphatic carbocycles. The number of hydrogen-bond donors (Lipinski definition) is 1. The Morgan fingerprint density at radius 2 is 2.31 bits per heavy atom. The average molecular weight is 255 g/mol. The number of nitrogens with zero attached hydrogens (tertiary/aromatic N) is 1. The van der Waals surface area contributed by atoms with E-state index in [2.05, 4.69) is 4.98 Å². The van der Waals surface area contributed by atoms with Gasteiger partial charge in [0.15, 0.2) is 0 Å². The fraction of sp³-hybridized carbons (Fsp3) is 0.417. The zero-order chi connectivity index (χ0) is 11.5. The van der Waals surface area contributed by atoms with Crippen LogP contribution in [0.2, 0.25) is 5.02 Å². The van der Waals surface area contributed by atoms with E-state index in [0.717, 1.165) is 29.8 Å². The van der Waals surface area contributed by atoms with Crippen molar-refractivity contribution in [3.63, 3.8) is 0 Å². The molecule has 1 aromatic carbocycles. The lowest BCUT2D eigenvalue weighted by Gasteiger charge is -2.01. The van der Waals surface area contributed by atoms with Crippen LogP contribution in [-0.4, -0.2) is 11.0 Å². The number of benzene rings is 1. The van der Waals surface area contributed by atoms with Crippen molar-refractivity contribution < 1.29 is 0 Å². The van der Waals surface area contributed by atoms with Crippen LogP contribution >= 0.6 is 22.9 Å². The third-order valence-electron chi connectivity index (χ3n) is 2.44. The molecule has 4 heteroatoms. The highest BCUT2D eigenvalue weighted by Gasteiger charge is 2.04. The van der Waals surface area contributed by atoms with E-state index in [1.807, 2.05) is 25.1 Å². The quantitative estimate of drug-likeness (QED) is 0.905. The second-order valence-corrected chi connectivity index (χ2v) is 5.64. The maximum absolute atomic E-state index is 5.92. The Bertz CT molecular complexity index is 479. The topological polar surface area (TPSA) is 38.9 Å². The van der Waals surface area contributed by atoms with Gasteiger partial charge in [0.05, 0.1) is 15.2 Å². The first-order valence-corrected chi connectivity index (χ1v) is 6.65. The predicted octanol–water partition coefficient (Wildman–Crippen LogP) is 3.62. The molecule has 0 amide bonds. The normalized spacial score (nSPS) is 13.2. The van der Waals surface area contributed by atoms with Crippen molar-refractivity contribution in [1.82, 2.24) is 4.98 Å². The van der Waals surface area contributed by atoms with Crippen LogP contribution in [0.5, 0.6) is 0 Å². The minimum atomic E-state index is 0.281. The van der Waals surface area contributed by atoms with Crippen LogP contribution in [0.3, 0.4) is 0 Å². The van der Waals surface area contributed by atoms with Gasteiger partial charge >= 0.3 is 0 Å². The smallest absolute Gasteiger partial charge is 0.0938 e. The SMILES string of the molecule is CC(N)CCCc1nc2cc(Cl)ccc2s1. The standard InChI is InChI=1S/C12H15ClN2S/c1-8(14)3-2-4-12-15-10-7-9(13)5-6-11(10)16-12/h5-8H,2-4,14H2,1H3. The largest absolute Gasteiger partial charge is 0.328 e. The van der Waals surface area contributed by atoms with Gasteiger partial charge in [-0.05, 0) is 44.4 Å². The van der Waals surface area contributed by atoms with Gasteiger partial charge in [-0.1, -0.05) is 11.6 Å². The van der Waals surface area contributed by atoms with Crippen molar-refractivity contribution in [3.05, 3.63) is 28.2 Å². The maximum atomic E-state index is 5.92. The van der Waals surface area contributed by atoms with Crippen LogP contribution in [0.4, 0.5) is 0 Å². The van der Waals surface area contributed by atoms with E-state index < -0.39 is 0 Å². The van der Waals surface area contributed by atoms with Crippen molar-refractivity contribution in [3.8, 4) is 0 Å². The number of rotatable bonds is 4. The average Bonchev–Trinajstić information content (AvgIpc) is 2.58. The molecular weight excluding hydrogens is 240 g/mol. The fourth-order valence-corrected chi connectivity index (χ4v) is 2.79. The summed E-state index contributed by atoms with van der Waals surface area (Å²) in [6.45, 7) is 2.04. The van der Waals surface area contributed by atoms with Gasteiger partial charge in [-0.25, -0.2) is 4.98 Å². The third kappa shape index (κ3) is 2.94. The summed E-state index contributed by atoms with van der Waals surface area (Å²) < 4.78 is 1.21. The summed E-state index contributed by atoms with van der Waals surface area (Å²) in [4.78, 5) is 4.56. The molecule has 1 heterocycles. The first-order chi connectivity index (χ1) is 7.65. The Morgan fingerprint density at radius 3 is 3.06 bits per heavy atom. The second-order valence-electron chi connectivity index (χ2n) is 4.09. The van der Waals surface area contributed by atoms with Gasteiger partial charge < -0.3 is 5.73 Å². The van der Waals surface area contributed by atoms with Crippen molar-refractivity contribution in [1.29, 1.82) is 0 Å². The highest BCUT2D eigenvalue weighted by Crippen LogP contribution is 2.25. The number of fused-ring (bicyclic) bond motifs is 1. The van der Waals surface area contributed by atoms with Gasteiger partial charge in [0.2, 0.25) is 0 Å². The van der Waals surface area contributed by atoms with Crippen molar-refractivity contribution in [2.24, 2.45) is 5.73 Å². The Balaban J connectivity index is 2.08. The van der Waals surface area contributed by atoms with E-state index in [1.54, 1.807) is 11.3 Å². The Labute approximate surface area is 104 Å². The summed E-state index contributed by atoms with van der Waals surface area (Å²) >= 11 is 7.67. The predicted molar refractivity (Wildman–Crippen MR) is 71.2 cm³/mol. The molecule has 0 saturated heterocycles. The molecule has 2 N–H and O–H groups in total. The van der Waals surface area contributed by atoms with E-state index >= 15 is 0 Å². The minimum absolute atomic E-state index is 0.281. The van der Waals surface area contributed by atoms with E-state index in [9.17, 15) is 0 Å². The van der Waals surface area contributed by atoms with E-state index in [4.69, 9.17) is 17.3 Å². The first kappa shape index (κ1) is 11.8. The van der Waals surface area contributed by atoms with Gasteiger partial charge in [0.25, 0.3) is 0 Å². The van der Waals surface area contributed by atoms with E-state index in [1.165, 1.54) is 9.71 Å². The molecule has 86 valence electrons. The molecule has 16 heavy (non-hydrogen) atoms. The molecule has 0 radical (unpaired) electrons. The first-order valence-electron chi connectivity index (χ1n) is 5.45. The van der Waals surface area contributed by atoms with Crippen molar-refractivity contribution in [2.45, 2.75) is 32.2 Å². The number of hydrogen-bond acceptors (Lipinski definition) is 3. The molecule has 2 nitrogen and oxygen atoms in total. The summed E-state index contributed by atoms with van der Waals surface area (Å²) in [5.41, 5.74) is 6.72. The molecule has 1 aromatic heterocycles. The van der Waals surface area contributed by atoms with Crippen LogP contribution in [0.25, 0.3) is 10.2 Å². The van der Waals surface area contributed by atoms with Gasteiger partial charge in [0, 0.05) is 11.1 Å². The van der Waals surface area contributed by atoms with Gasteiger partial charge in [0.1, 0.15) is 0 Å². The van der Waals surface area contributed by atoms with Gasteiger partial charge in [-0.3, -0.25) is 0 Å². The summed E-state index contributed by atoms with van der Waals surface area (Å²) in [7, 11) is 0. The molecule has 0 bridgehead atoms. The van der Waals surface area contributed by atoms with Crippen LogP contribution in [-0.2, 0) is 6.42 Å². The zero-order valence-corrected chi connectivity index (χ0v) is 10.8. The minimum Gasteiger partial charge on any atom is -0.328 e. The number of halogens is 1. The molecule has 0 spiro atoms. The summed E-state index contributed by atoms with van der Waals surface area (Å²) in [5, 5.41) is 1.93. The molecular formula is C12H15ClN2S. The Kier molecular flexibility index (Phi) is 3.79. The molecule has 1 unspecified atom stereocenters. The lowest BCUT2D eigenvalue weighted by Crippen LogP contribution is -2.14. The van der Waals surface area contributed by atoms with E-state index in [0.29, 0.717) is 0 Å². The Hall–Kier alpha value is -0.640. The Morgan fingerprint density at radius 1 is 1.50 bits per heavy atom. The van der Waals surface area contributed by atoms with Crippen molar-refractivity contribution >= 4 is 33.2 Å². The summed E-state index contributed by atoms with van der Waals surface area (Å²) in [5.74, 6) is 0. The highest BCUT2D eigenvalue weighted by atomic mass is 35.5.